The molecule has 1 aliphatic heterocycles. The average molecular weight is 266 g/mol. The van der Waals surface area contributed by atoms with Crippen molar-refractivity contribution in [3.8, 4) is 0 Å². The van der Waals surface area contributed by atoms with Gasteiger partial charge in [0, 0.05) is 17.8 Å². The molecule has 0 N–H and O–H groups in total. The van der Waals surface area contributed by atoms with Gasteiger partial charge in [-0.25, -0.2) is 0 Å². The predicted octanol–water partition coefficient (Wildman–Crippen LogP) is 2.91. The Morgan fingerprint density at radius 3 is 2.40 bits per heavy atom. The maximum atomic E-state index is 12.4. The Bertz CT molecular complexity index is 632. The van der Waals surface area contributed by atoms with Gasteiger partial charge in [0.2, 0.25) is 0 Å². The molecule has 0 saturated heterocycles. The van der Waals surface area contributed by atoms with Crippen LogP contribution in [-0.4, -0.2) is 24.9 Å². The molecule has 3 rings (SSSR count). The number of amides is 1. The van der Waals surface area contributed by atoms with E-state index in [9.17, 15) is 4.79 Å². The van der Waals surface area contributed by atoms with E-state index in [0.717, 1.165) is 23.4 Å². The van der Waals surface area contributed by atoms with E-state index < -0.39 is 0 Å². The Balaban J connectivity index is 1.83. The Morgan fingerprint density at radius 1 is 1.05 bits per heavy atom. The Kier molecular flexibility index (Phi) is 3.28. The molecule has 0 unspecified atom stereocenters. The van der Waals surface area contributed by atoms with Crippen LogP contribution in [0.1, 0.15) is 21.5 Å². The summed E-state index contributed by atoms with van der Waals surface area (Å²) in [6.45, 7) is 1.58. The zero-order valence-corrected chi connectivity index (χ0v) is 11.8. The third kappa shape index (κ3) is 2.32. The van der Waals surface area contributed by atoms with Gasteiger partial charge in [-0.15, -0.1) is 0 Å². The molecule has 0 radical (unpaired) electrons. The molecule has 2 aromatic rings. The van der Waals surface area contributed by atoms with Gasteiger partial charge in [0.05, 0.1) is 6.54 Å². The highest BCUT2D eigenvalue weighted by atomic mass is 16.2. The molecule has 0 aromatic heterocycles. The van der Waals surface area contributed by atoms with E-state index in [1.807, 2.05) is 41.3 Å². The van der Waals surface area contributed by atoms with Crippen molar-refractivity contribution >= 4 is 11.6 Å². The van der Waals surface area contributed by atoms with E-state index in [0.29, 0.717) is 6.54 Å². The van der Waals surface area contributed by atoms with Crippen LogP contribution in [0.15, 0.2) is 48.5 Å². The first-order valence-electron chi connectivity index (χ1n) is 6.78. The first kappa shape index (κ1) is 12.9. The van der Waals surface area contributed by atoms with E-state index in [4.69, 9.17) is 0 Å². The van der Waals surface area contributed by atoms with Crippen molar-refractivity contribution in [2.24, 2.45) is 0 Å². The van der Waals surface area contributed by atoms with Crippen LogP contribution in [0.3, 0.4) is 0 Å². The van der Waals surface area contributed by atoms with Crippen molar-refractivity contribution in [3.63, 3.8) is 0 Å². The van der Waals surface area contributed by atoms with Crippen molar-refractivity contribution < 1.29 is 4.79 Å². The summed E-state index contributed by atoms with van der Waals surface area (Å²) < 4.78 is 0. The summed E-state index contributed by atoms with van der Waals surface area (Å²) in [5.74, 6) is 0.0981. The summed E-state index contributed by atoms with van der Waals surface area (Å²) in [5.41, 5.74) is 4.15. The minimum Gasteiger partial charge on any atom is -0.305 e. The minimum atomic E-state index is 0.0981. The number of fused-ring (bicyclic) bond motifs is 1. The number of benzene rings is 2. The zero-order chi connectivity index (χ0) is 14.1. The van der Waals surface area contributed by atoms with E-state index in [-0.39, 0.29) is 5.91 Å². The SMILES string of the molecule is CN(C)Cc1ccc(N2Cc3ccccc3C2=O)cc1. The van der Waals surface area contributed by atoms with Crippen molar-refractivity contribution in [2.75, 3.05) is 19.0 Å². The molecule has 20 heavy (non-hydrogen) atoms. The average Bonchev–Trinajstić information content (AvgIpc) is 2.77. The van der Waals surface area contributed by atoms with Gasteiger partial charge >= 0.3 is 0 Å². The summed E-state index contributed by atoms with van der Waals surface area (Å²) in [6, 6.07) is 16.1. The van der Waals surface area contributed by atoms with Gasteiger partial charge in [-0.1, -0.05) is 30.3 Å². The van der Waals surface area contributed by atoms with Crippen LogP contribution in [0.5, 0.6) is 0 Å². The second kappa shape index (κ2) is 5.10. The lowest BCUT2D eigenvalue weighted by Crippen LogP contribution is -2.23. The lowest BCUT2D eigenvalue weighted by atomic mass is 10.1. The van der Waals surface area contributed by atoms with Gasteiger partial charge in [-0.05, 0) is 43.4 Å². The summed E-state index contributed by atoms with van der Waals surface area (Å²) >= 11 is 0. The number of anilines is 1. The largest absolute Gasteiger partial charge is 0.305 e. The fourth-order valence-electron chi connectivity index (χ4n) is 2.61. The van der Waals surface area contributed by atoms with Crippen molar-refractivity contribution in [3.05, 3.63) is 65.2 Å². The van der Waals surface area contributed by atoms with Gasteiger partial charge in [0.25, 0.3) is 5.91 Å². The molecule has 0 saturated carbocycles. The topological polar surface area (TPSA) is 23.6 Å². The molecule has 102 valence electrons. The molecule has 0 bridgehead atoms. The minimum absolute atomic E-state index is 0.0981. The van der Waals surface area contributed by atoms with Crippen LogP contribution in [0, 0.1) is 0 Å². The molecule has 1 amide bonds. The molecular weight excluding hydrogens is 248 g/mol. The molecule has 0 atom stereocenters. The first-order valence-corrected chi connectivity index (χ1v) is 6.78. The summed E-state index contributed by atoms with van der Waals surface area (Å²) in [7, 11) is 4.10. The van der Waals surface area contributed by atoms with Gasteiger partial charge in [0.1, 0.15) is 0 Å². The molecule has 0 aliphatic carbocycles. The predicted molar refractivity (Wildman–Crippen MR) is 80.8 cm³/mol. The lowest BCUT2D eigenvalue weighted by Gasteiger charge is -2.17. The normalized spacial score (nSPS) is 13.9. The molecule has 1 heterocycles. The quantitative estimate of drug-likeness (QED) is 0.853. The highest BCUT2D eigenvalue weighted by Crippen LogP contribution is 2.28. The van der Waals surface area contributed by atoms with Crippen LogP contribution in [0.4, 0.5) is 5.69 Å². The first-order chi connectivity index (χ1) is 9.65. The van der Waals surface area contributed by atoms with E-state index >= 15 is 0 Å². The molecule has 0 spiro atoms. The fourth-order valence-corrected chi connectivity index (χ4v) is 2.61. The molecular formula is C17H18N2O. The molecule has 0 fully saturated rings. The monoisotopic (exact) mass is 266 g/mol. The number of rotatable bonds is 3. The number of hydrogen-bond donors (Lipinski definition) is 0. The molecule has 1 aliphatic rings. The van der Waals surface area contributed by atoms with Crippen molar-refractivity contribution in [2.45, 2.75) is 13.1 Å². The Morgan fingerprint density at radius 2 is 1.75 bits per heavy atom. The van der Waals surface area contributed by atoms with Crippen LogP contribution >= 0.6 is 0 Å². The van der Waals surface area contributed by atoms with Crippen LogP contribution in [-0.2, 0) is 13.1 Å². The number of nitrogens with zero attached hydrogens (tertiary/aromatic N) is 2. The zero-order valence-electron chi connectivity index (χ0n) is 11.8. The van der Waals surface area contributed by atoms with Crippen LogP contribution < -0.4 is 4.90 Å². The van der Waals surface area contributed by atoms with Gasteiger partial charge < -0.3 is 9.80 Å². The second-order valence-electron chi connectivity index (χ2n) is 5.45. The molecule has 2 aromatic carbocycles. The lowest BCUT2D eigenvalue weighted by molar-refractivity contribution is 0.0996. The maximum absolute atomic E-state index is 12.4. The molecule has 3 heteroatoms. The van der Waals surface area contributed by atoms with Crippen molar-refractivity contribution in [1.29, 1.82) is 0 Å². The standard InChI is InChI=1S/C17H18N2O/c1-18(2)11-13-7-9-15(10-8-13)19-12-14-5-3-4-6-16(14)17(19)20/h3-10H,11-12H2,1-2H3. The summed E-state index contributed by atoms with van der Waals surface area (Å²) in [6.07, 6.45) is 0. The molecule has 3 nitrogen and oxygen atoms in total. The van der Waals surface area contributed by atoms with Gasteiger partial charge in [-0.2, -0.15) is 0 Å². The Hall–Kier alpha value is -2.13. The highest BCUT2D eigenvalue weighted by molar-refractivity contribution is 6.09. The number of hydrogen-bond acceptors (Lipinski definition) is 2. The second-order valence-corrected chi connectivity index (χ2v) is 5.45. The Labute approximate surface area is 119 Å². The fraction of sp³-hybridized carbons (Fsp3) is 0.235. The number of carbonyl (C=O) groups excluding carboxylic acids is 1. The van der Waals surface area contributed by atoms with Crippen LogP contribution in [0.2, 0.25) is 0 Å². The summed E-state index contributed by atoms with van der Waals surface area (Å²) in [4.78, 5) is 16.3. The number of carbonyl (C=O) groups is 1. The third-order valence-corrected chi connectivity index (χ3v) is 3.57. The third-order valence-electron chi connectivity index (χ3n) is 3.57. The van der Waals surface area contributed by atoms with E-state index in [2.05, 4.69) is 31.1 Å². The van der Waals surface area contributed by atoms with Crippen molar-refractivity contribution in [1.82, 2.24) is 4.90 Å². The van der Waals surface area contributed by atoms with Crippen LogP contribution in [0.25, 0.3) is 0 Å². The van der Waals surface area contributed by atoms with Gasteiger partial charge in [0.15, 0.2) is 0 Å². The van der Waals surface area contributed by atoms with Gasteiger partial charge in [-0.3, -0.25) is 4.79 Å². The highest BCUT2D eigenvalue weighted by Gasteiger charge is 2.27. The maximum Gasteiger partial charge on any atom is 0.258 e. The summed E-state index contributed by atoms with van der Waals surface area (Å²) in [5, 5.41) is 0. The van der Waals surface area contributed by atoms with E-state index in [1.54, 1.807) is 0 Å². The smallest absolute Gasteiger partial charge is 0.258 e. The van der Waals surface area contributed by atoms with E-state index in [1.165, 1.54) is 5.56 Å².